The minimum Gasteiger partial charge on any atom is -0.507 e. The number of carbonyl (C=O) groups is 2. The second-order valence-electron chi connectivity index (χ2n) is 8.30. The number of aliphatic hydroxyl groups excluding tert-OH is 1. The first-order valence-electron chi connectivity index (χ1n) is 11.8. The Kier molecular flexibility index (Phi) is 7.59. The van der Waals surface area contributed by atoms with E-state index in [1.54, 1.807) is 38.5 Å². The van der Waals surface area contributed by atoms with Gasteiger partial charge in [0.1, 0.15) is 11.5 Å². The Labute approximate surface area is 210 Å². The molecule has 1 N–H and O–H groups in total. The van der Waals surface area contributed by atoms with Crippen LogP contribution >= 0.6 is 0 Å². The number of ketones is 1. The first-order valence-corrected chi connectivity index (χ1v) is 11.8. The number of nitrogens with zero attached hydrogens (tertiary/aromatic N) is 1. The van der Waals surface area contributed by atoms with Crippen molar-refractivity contribution in [2.24, 2.45) is 0 Å². The first-order chi connectivity index (χ1) is 17.5. The lowest BCUT2D eigenvalue weighted by Gasteiger charge is -2.25. The lowest BCUT2D eigenvalue weighted by Crippen LogP contribution is -2.31. The van der Waals surface area contributed by atoms with Gasteiger partial charge < -0.3 is 24.2 Å². The summed E-state index contributed by atoms with van der Waals surface area (Å²) in [7, 11) is 3.14. The van der Waals surface area contributed by atoms with E-state index < -0.39 is 17.7 Å². The van der Waals surface area contributed by atoms with Gasteiger partial charge in [-0.25, -0.2) is 0 Å². The minimum atomic E-state index is -0.720. The van der Waals surface area contributed by atoms with E-state index >= 15 is 0 Å². The molecular weight excluding hydrogens is 458 g/mol. The maximum absolute atomic E-state index is 13.2. The van der Waals surface area contributed by atoms with Crippen molar-refractivity contribution in [3.05, 3.63) is 95.1 Å². The van der Waals surface area contributed by atoms with Gasteiger partial charge in [0.25, 0.3) is 11.7 Å². The summed E-state index contributed by atoms with van der Waals surface area (Å²) in [5.74, 6) is 0.186. The van der Waals surface area contributed by atoms with Crippen LogP contribution in [0.5, 0.6) is 17.2 Å². The van der Waals surface area contributed by atoms with Crippen LogP contribution in [0.25, 0.3) is 5.76 Å². The summed E-state index contributed by atoms with van der Waals surface area (Å²) < 4.78 is 16.2. The molecule has 1 fully saturated rings. The van der Waals surface area contributed by atoms with Crippen molar-refractivity contribution < 1.29 is 28.9 Å². The van der Waals surface area contributed by atoms with Gasteiger partial charge in [-0.15, -0.1) is 0 Å². The molecule has 3 aromatic carbocycles. The van der Waals surface area contributed by atoms with Crippen molar-refractivity contribution in [1.82, 2.24) is 4.90 Å². The predicted octanol–water partition coefficient (Wildman–Crippen LogP) is 4.77. The summed E-state index contributed by atoms with van der Waals surface area (Å²) in [4.78, 5) is 28.0. The average Bonchev–Trinajstić information content (AvgIpc) is 3.17. The molecule has 0 spiro atoms. The number of aliphatic hydroxyl groups is 1. The van der Waals surface area contributed by atoms with Gasteiger partial charge >= 0.3 is 0 Å². The monoisotopic (exact) mass is 487 g/mol. The molecule has 1 saturated heterocycles. The third-order valence-corrected chi connectivity index (χ3v) is 6.16. The molecule has 186 valence electrons. The standard InChI is InChI=1S/C29H29NO6/c1-4-36-22-12-8-11-21(18-22)27(31)25-26(20-9-6-5-7-10-20)30(29(33)28(25)32)16-15-19-13-14-23(34-2)24(17-19)35-3/h5-14,17-18,26,31H,4,15-16H2,1-3H3/b27-25+. The number of rotatable bonds is 9. The van der Waals surface area contributed by atoms with Crippen LogP contribution in [0.15, 0.2) is 78.4 Å². The zero-order chi connectivity index (χ0) is 25.7. The normalized spacial score (nSPS) is 16.8. The van der Waals surface area contributed by atoms with Gasteiger partial charge in [0.05, 0.1) is 32.4 Å². The Morgan fingerprint density at radius 3 is 2.36 bits per heavy atom. The molecular formula is C29H29NO6. The molecule has 1 aliphatic rings. The van der Waals surface area contributed by atoms with E-state index in [0.29, 0.717) is 35.8 Å². The molecule has 0 aliphatic carbocycles. The quantitative estimate of drug-likeness (QED) is 0.266. The smallest absolute Gasteiger partial charge is 0.295 e. The van der Waals surface area contributed by atoms with Crippen LogP contribution in [0.3, 0.4) is 0 Å². The number of Topliss-reactive ketones (excluding diaryl/α,β-unsaturated/α-hetero) is 1. The molecule has 0 bridgehead atoms. The van der Waals surface area contributed by atoms with Crippen LogP contribution in [-0.4, -0.2) is 49.1 Å². The van der Waals surface area contributed by atoms with Gasteiger partial charge in [0.2, 0.25) is 0 Å². The van der Waals surface area contributed by atoms with Crippen LogP contribution < -0.4 is 14.2 Å². The Balaban J connectivity index is 1.72. The summed E-state index contributed by atoms with van der Waals surface area (Å²) in [5, 5.41) is 11.3. The van der Waals surface area contributed by atoms with E-state index in [9.17, 15) is 14.7 Å². The van der Waals surface area contributed by atoms with Crippen LogP contribution in [0.1, 0.15) is 29.7 Å². The van der Waals surface area contributed by atoms with Crippen LogP contribution in [0.2, 0.25) is 0 Å². The lowest BCUT2D eigenvalue weighted by atomic mass is 9.95. The third kappa shape index (κ3) is 4.91. The molecule has 36 heavy (non-hydrogen) atoms. The Hall–Kier alpha value is -4.26. The summed E-state index contributed by atoms with van der Waals surface area (Å²) in [6, 6.07) is 21.0. The molecule has 0 aromatic heterocycles. The van der Waals surface area contributed by atoms with Crippen LogP contribution in [-0.2, 0) is 16.0 Å². The second-order valence-corrected chi connectivity index (χ2v) is 8.30. The van der Waals surface area contributed by atoms with Crippen molar-refractivity contribution in [3.8, 4) is 17.2 Å². The van der Waals surface area contributed by atoms with Gasteiger partial charge in [-0.05, 0) is 48.7 Å². The number of amides is 1. The highest BCUT2D eigenvalue weighted by Crippen LogP contribution is 2.40. The Morgan fingerprint density at radius 1 is 0.917 bits per heavy atom. The van der Waals surface area contributed by atoms with Crippen molar-refractivity contribution in [2.75, 3.05) is 27.4 Å². The third-order valence-electron chi connectivity index (χ3n) is 6.16. The molecule has 0 saturated carbocycles. The molecule has 1 amide bonds. The zero-order valence-corrected chi connectivity index (χ0v) is 20.6. The topological polar surface area (TPSA) is 85.3 Å². The second kappa shape index (κ2) is 11.0. The fourth-order valence-corrected chi connectivity index (χ4v) is 4.43. The van der Waals surface area contributed by atoms with E-state index in [1.807, 2.05) is 55.5 Å². The number of carbonyl (C=O) groups excluding carboxylic acids is 2. The number of hydrogen-bond acceptors (Lipinski definition) is 6. The van der Waals surface area contributed by atoms with Gasteiger partial charge in [-0.3, -0.25) is 9.59 Å². The first kappa shape index (κ1) is 24.9. The van der Waals surface area contributed by atoms with Crippen LogP contribution in [0, 0.1) is 0 Å². The molecule has 1 atom stereocenters. The zero-order valence-electron chi connectivity index (χ0n) is 20.6. The summed E-state index contributed by atoms with van der Waals surface area (Å²) in [6.07, 6.45) is 0.483. The van der Waals surface area contributed by atoms with Gasteiger partial charge in [-0.1, -0.05) is 48.5 Å². The van der Waals surface area contributed by atoms with Crippen molar-refractivity contribution in [1.29, 1.82) is 0 Å². The fraction of sp³-hybridized carbons (Fsp3) is 0.241. The van der Waals surface area contributed by atoms with E-state index in [0.717, 1.165) is 11.1 Å². The summed E-state index contributed by atoms with van der Waals surface area (Å²) >= 11 is 0. The number of hydrogen-bond donors (Lipinski definition) is 1. The molecule has 0 radical (unpaired) electrons. The Morgan fingerprint density at radius 2 is 1.67 bits per heavy atom. The molecule has 7 nitrogen and oxygen atoms in total. The maximum Gasteiger partial charge on any atom is 0.295 e. The summed E-state index contributed by atoms with van der Waals surface area (Å²) in [6.45, 7) is 2.61. The van der Waals surface area contributed by atoms with Gasteiger partial charge in [0, 0.05) is 12.1 Å². The van der Waals surface area contributed by atoms with E-state index in [-0.39, 0.29) is 17.9 Å². The highest BCUT2D eigenvalue weighted by Gasteiger charge is 2.45. The highest BCUT2D eigenvalue weighted by atomic mass is 16.5. The van der Waals surface area contributed by atoms with Crippen molar-refractivity contribution in [3.63, 3.8) is 0 Å². The molecule has 4 rings (SSSR count). The largest absolute Gasteiger partial charge is 0.507 e. The number of likely N-dealkylation sites (tertiary alicyclic amines) is 1. The van der Waals surface area contributed by atoms with E-state index in [1.165, 1.54) is 4.90 Å². The number of ether oxygens (including phenoxy) is 3. The molecule has 7 heteroatoms. The SMILES string of the molecule is CCOc1cccc(/C(O)=C2\C(=O)C(=O)N(CCc3ccc(OC)c(OC)c3)C2c2ccccc2)c1. The molecule has 3 aromatic rings. The van der Waals surface area contributed by atoms with Gasteiger partial charge in [0.15, 0.2) is 11.5 Å². The molecule has 1 unspecified atom stereocenters. The number of methoxy groups -OCH3 is 2. The van der Waals surface area contributed by atoms with E-state index in [2.05, 4.69) is 0 Å². The van der Waals surface area contributed by atoms with E-state index in [4.69, 9.17) is 14.2 Å². The molecule has 1 aliphatic heterocycles. The van der Waals surface area contributed by atoms with Crippen molar-refractivity contribution in [2.45, 2.75) is 19.4 Å². The predicted molar refractivity (Wildman–Crippen MR) is 136 cm³/mol. The average molecular weight is 488 g/mol. The number of benzene rings is 3. The highest BCUT2D eigenvalue weighted by molar-refractivity contribution is 6.46. The minimum absolute atomic E-state index is 0.0622. The summed E-state index contributed by atoms with van der Waals surface area (Å²) in [5.41, 5.74) is 2.14. The molecule has 1 heterocycles. The maximum atomic E-state index is 13.2. The Bertz CT molecular complexity index is 1280. The van der Waals surface area contributed by atoms with Crippen LogP contribution in [0.4, 0.5) is 0 Å². The fourth-order valence-electron chi connectivity index (χ4n) is 4.43. The van der Waals surface area contributed by atoms with Crippen molar-refractivity contribution >= 4 is 17.4 Å². The van der Waals surface area contributed by atoms with Gasteiger partial charge in [-0.2, -0.15) is 0 Å². The lowest BCUT2D eigenvalue weighted by molar-refractivity contribution is -0.139.